The quantitative estimate of drug-likeness (QED) is 0.418. The summed E-state index contributed by atoms with van der Waals surface area (Å²) in [6.07, 6.45) is -3.04. The Balaban J connectivity index is 1.72. The molecular weight excluding hydrogens is 376 g/mol. The summed E-state index contributed by atoms with van der Waals surface area (Å²) in [4.78, 5) is 26.8. The number of para-hydroxylation sites is 2. The van der Waals surface area contributed by atoms with E-state index in [1.807, 2.05) is 0 Å². The minimum absolute atomic E-state index is 0.0967. The van der Waals surface area contributed by atoms with Gasteiger partial charge in [-0.15, -0.1) is 0 Å². The van der Waals surface area contributed by atoms with E-state index in [0.717, 1.165) is 0 Å². The van der Waals surface area contributed by atoms with Gasteiger partial charge in [0.25, 0.3) is 11.8 Å². The van der Waals surface area contributed by atoms with Gasteiger partial charge in [-0.25, -0.2) is 0 Å². The standard InChI is InChI=1S/C20H22N4O5/c1-28-15-5-3-2-4-14(15)24-10-11-29-17(20(24)27)16(25)19(26)23-13-8-6-12(7-9-13)18(21)22/h2-9,16-17,25H,10-11H2,1H3,(H3,21,22)(H,23,26)/t16?,17-/m1/s1. The molecule has 0 aromatic heterocycles. The lowest BCUT2D eigenvalue weighted by atomic mass is 10.1. The lowest BCUT2D eigenvalue weighted by Gasteiger charge is -2.34. The zero-order valence-electron chi connectivity index (χ0n) is 15.8. The molecule has 0 aliphatic carbocycles. The van der Waals surface area contributed by atoms with Gasteiger partial charge < -0.3 is 30.5 Å². The molecule has 1 saturated heterocycles. The van der Waals surface area contributed by atoms with Crippen molar-refractivity contribution >= 4 is 29.0 Å². The molecule has 2 aromatic rings. The smallest absolute Gasteiger partial charge is 0.259 e. The fraction of sp³-hybridized carbons (Fsp3) is 0.250. The average molecular weight is 398 g/mol. The highest BCUT2D eigenvalue weighted by Gasteiger charge is 2.40. The topological polar surface area (TPSA) is 138 Å². The van der Waals surface area contributed by atoms with E-state index in [2.05, 4.69) is 5.32 Å². The van der Waals surface area contributed by atoms with Crippen LogP contribution in [0, 0.1) is 5.41 Å². The minimum Gasteiger partial charge on any atom is -0.495 e. The number of hydrogen-bond acceptors (Lipinski definition) is 6. The summed E-state index contributed by atoms with van der Waals surface area (Å²) in [5.74, 6) is -0.900. The first-order chi connectivity index (χ1) is 13.9. The molecule has 9 nitrogen and oxygen atoms in total. The lowest BCUT2D eigenvalue weighted by Crippen LogP contribution is -2.55. The van der Waals surface area contributed by atoms with E-state index < -0.39 is 24.0 Å². The summed E-state index contributed by atoms with van der Waals surface area (Å²) in [5, 5.41) is 20.3. The van der Waals surface area contributed by atoms with Gasteiger partial charge in [0, 0.05) is 17.8 Å². The number of nitrogens with one attached hydrogen (secondary N) is 2. The zero-order chi connectivity index (χ0) is 21.0. The second-order valence-electron chi connectivity index (χ2n) is 6.38. The number of morpholine rings is 1. The highest BCUT2D eigenvalue weighted by Crippen LogP contribution is 2.30. The molecule has 0 saturated carbocycles. The van der Waals surface area contributed by atoms with Crippen molar-refractivity contribution in [1.29, 1.82) is 5.41 Å². The number of ether oxygens (including phenoxy) is 2. The van der Waals surface area contributed by atoms with Crippen molar-refractivity contribution in [3.05, 3.63) is 54.1 Å². The molecule has 2 aromatic carbocycles. The van der Waals surface area contributed by atoms with Gasteiger partial charge in [0.15, 0.2) is 12.2 Å². The number of aliphatic hydroxyl groups is 1. The summed E-state index contributed by atoms with van der Waals surface area (Å²) < 4.78 is 10.7. The predicted octanol–water partition coefficient (Wildman–Crippen LogP) is 0.711. The minimum atomic E-state index is -1.70. The molecule has 1 fully saturated rings. The number of amidine groups is 1. The van der Waals surface area contributed by atoms with Gasteiger partial charge in [-0.1, -0.05) is 12.1 Å². The molecule has 29 heavy (non-hydrogen) atoms. The summed E-state index contributed by atoms with van der Waals surface area (Å²) in [6, 6.07) is 13.2. The second kappa shape index (κ2) is 8.72. The molecule has 5 N–H and O–H groups in total. The summed E-state index contributed by atoms with van der Waals surface area (Å²) >= 11 is 0. The highest BCUT2D eigenvalue weighted by atomic mass is 16.5. The third kappa shape index (κ3) is 4.36. The highest BCUT2D eigenvalue weighted by molar-refractivity contribution is 6.04. The Kier molecular flexibility index (Phi) is 6.10. The monoisotopic (exact) mass is 398 g/mol. The van der Waals surface area contributed by atoms with E-state index in [-0.39, 0.29) is 19.0 Å². The second-order valence-corrected chi connectivity index (χ2v) is 6.38. The molecule has 0 bridgehead atoms. The van der Waals surface area contributed by atoms with Crippen molar-refractivity contribution in [2.75, 3.05) is 30.5 Å². The molecule has 2 atom stereocenters. The van der Waals surface area contributed by atoms with E-state index >= 15 is 0 Å². The maximum Gasteiger partial charge on any atom is 0.259 e. The van der Waals surface area contributed by atoms with Crippen molar-refractivity contribution in [1.82, 2.24) is 0 Å². The first-order valence-electron chi connectivity index (χ1n) is 8.91. The number of methoxy groups -OCH3 is 1. The van der Waals surface area contributed by atoms with E-state index in [1.165, 1.54) is 12.0 Å². The van der Waals surface area contributed by atoms with E-state index in [4.69, 9.17) is 20.6 Å². The number of aliphatic hydroxyl groups excluding tert-OH is 1. The van der Waals surface area contributed by atoms with Crippen LogP contribution >= 0.6 is 0 Å². The van der Waals surface area contributed by atoms with Gasteiger partial charge in [-0.3, -0.25) is 15.0 Å². The predicted molar refractivity (Wildman–Crippen MR) is 107 cm³/mol. The van der Waals surface area contributed by atoms with Crippen LogP contribution in [-0.4, -0.2) is 55.2 Å². The number of anilines is 2. The Hall–Kier alpha value is -3.43. The fourth-order valence-electron chi connectivity index (χ4n) is 3.01. The average Bonchev–Trinajstić information content (AvgIpc) is 2.73. The molecule has 9 heteroatoms. The van der Waals surface area contributed by atoms with Gasteiger partial charge in [-0.05, 0) is 36.4 Å². The van der Waals surface area contributed by atoms with Crippen LogP contribution in [-0.2, 0) is 14.3 Å². The van der Waals surface area contributed by atoms with Crippen molar-refractivity contribution in [3.63, 3.8) is 0 Å². The molecule has 1 aliphatic heterocycles. The number of carbonyl (C=O) groups is 2. The van der Waals surface area contributed by atoms with Crippen molar-refractivity contribution < 1.29 is 24.2 Å². The molecule has 3 rings (SSSR count). The SMILES string of the molecule is COc1ccccc1N1CCO[C@H](C(O)C(=O)Nc2ccc(C(=N)N)cc2)C1=O. The number of nitrogens with two attached hydrogens (primary N) is 1. The first-order valence-corrected chi connectivity index (χ1v) is 8.91. The Labute approximate surface area is 167 Å². The van der Waals surface area contributed by atoms with E-state index in [9.17, 15) is 14.7 Å². The van der Waals surface area contributed by atoms with Crippen LogP contribution in [0.2, 0.25) is 0 Å². The molecule has 0 spiro atoms. The Bertz CT molecular complexity index is 915. The summed E-state index contributed by atoms with van der Waals surface area (Å²) in [5.41, 5.74) is 6.83. The third-order valence-electron chi connectivity index (χ3n) is 4.52. The van der Waals surface area contributed by atoms with Crippen LogP contribution in [0.4, 0.5) is 11.4 Å². The Morgan fingerprint density at radius 1 is 1.31 bits per heavy atom. The molecule has 152 valence electrons. The van der Waals surface area contributed by atoms with Crippen LogP contribution in [0.25, 0.3) is 0 Å². The van der Waals surface area contributed by atoms with Crippen molar-refractivity contribution in [3.8, 4) is 5.75 Å². The van der Waals surface area contributed by atoms with E-state index in [1.54, 1.807) is 48.5 Å². The Morgan fingerprint density at radius 3 is 2.66 bits per heavy atom. The number of benzene rings is 2. The maximum absolute atomic E-state index is 12.9. The van der Waals surface area contributed by atoms with Crippen LogP contribution in [0.1, 0.15) is 5.56 Å². The number of nitrogen functional groups attached to an aromatic ring is 1. The van der Waals surface area contributed by atoms with Crippen LogP contribution in [0.5, 0.6) is 5.75 Å². The summed E-state index contributed by atoms with van der Waals surface area (Å²) in [7, 11) is 1.50. The molecule has 2 amide bonds. The molecule has 1 aliphatic rings. The van der Waals surface area contributed by atoms with Gasteiger partial charge in [-0.2, -0.15) is 0 Å². The van der Waals surface area contributed by atoms with Gasteiger partial charge in [0.1, 0.15) is 11.6 Å². The van der Waals surface area contributed by atoms with Crippen molar-refractivity contribution in [2.45, 2.75) is 12.2 Å². The fourth-order valence-corrected chi connectivity index (χ4v) is 3.01. The van der Waals surface area contributed by atoms with Gasteiger partial charge >= 0.3 is 0 Å². The number of hydrogen-bond donors (Lipinski definition) is 4. The lowest BCUT2D eigenvalue weighted by molar-refractivity contribution is -0.150. The maximum atomic E-state index is 12.9. The van der Waals surface area contributed by atoms with Gasteiger partial charge in [0.2, 0.25) is 0 Å². The van der Waals surface area contributed by atoms with Gasteiger partial charge in [0.05, 0.1) is 19.4 Å². The van der Waals surface area contributed by atoms with Crippen LogP contribution in [0.15, 0.2) is 48.5 Å². The molecule has 1 unspecified atom stereocenters. The Morgan fingerprint density at radius 2 is 2.00 bits per heavy atom. The number of amides is 2. The summed E-state index contributed by atoms with van der Waals surface area (Å²) in [6.45, 7) is 0.433. The zero-order valence-corrected chi connectivity index (χ0v) is 15.8. The normalized spacial score (nSPS) is 17.5. The number of carbonyl (C=O) groups excluding carboxylic acids is 2. The molecule has 0 radical (unpaired) electrons. The molecule has 1 heterocycles. The van der Waals surface area contributed by atoms with E-state index in [0.29, 0.717) is 22.7 Å². The van der Waals surface area contributed by atoms with Crippen molar-refractivity contribution in [2.24, 2.45) is 5.73 Å². The number of rotatable bonds is 6. The van der Waals surface area contributed by atoms with Crippen LogP contribution < -0.4 is 20.7 Å². The molecular formula is C20H22N4O5. The number of nitrogens with zero attached hydrogens (tertiary/aromatic N) is 1. The first kappa shape index (κ1) is 20.3. The van der Waals surface area contributed by atoms with Crippen LogP contribution in [0.3, 0.4) is 0 Å². The third-order valence-corrected chi connectivity index (χ3v) is 4.52. The largest absolute Gasteiger partial charge is 0.495 e.